The summed E-state index contributed by atoms with van der Waals surface area (Å²) >= 11 is 0. The van der Waals surface area contributed by atoms with Crippen molar-refractivity contribution in [3.05, 3.63) is 40.6 Å². The molecular weight excluding hydrogens is 268 g/mol. The third-order valence-corrected chi connectivity index (χ3v) is 4.24. The van der Waals surface area contributed by atoms with E-state index in [0.29, 0.717) is 29.1 Å². The fourth-order valence-electron chi connectivity index (χ4n) is 3.16. The fourth-order valence-corrected chi connectivity index (χ4v) is 3.16. The van der Waals surface area contributed by atoms with Gasteiger partial charge in [-0.3, -0.25) is 15.1 Å². The van der Waals surface area contributed by atoms with Crippen molar-refractivity contribution in [3.63, 3.8) is 0 Å². The average Bonchev–Trinajstić information content (AvgIpc) is 2.93. The zero-order valence-corrected chi connectivity index (χ0v) is 11.7. The predicted molar refractivity (Wildman–Crippen MR) is 82.2 cm³/mol. The molecule has 0 amide bonds. The Bertz CT molecular complexity index is 674. The largest absolute Gasteiger partial charge is 0.376 e. The Labute approximate surface area is 122 Å². The summed E-state index contributed by atoms with van der Waals surface area (Å²) in [6, 6.07) is 7.23. The Kier molecular flexibility index (Phi) is 3.70. The molecule has 1 aliphatic carbocycles. The molecule has 110 valence electrons. The highest BCUT2D eigenvalue weighted by molar-refractivity contribution is 5.94. The smallest absolute Gasteiger partial charge is 0.301 e. The average molecular weight is 286 g/mol. The summed E-state index contributed by atoms with van der Waals surface area (Å²) < 4.78 is 0. The number of hydrogen-bond acceptors (Lipinski definition) is 5. The first-order valence-electron chi connectivity index (χ1n) is 7.19. The maximum Gasteiger partial charge on any atom is 0.301 e. The van der Waals surface area contributed by atoms with Gasteiger partial charge in [0.25, 0.3) is 0 Å². The Morgan fingerprint density at radius 1 is 1.38 bits per heavy atom. The summed E-state index contributed by atoms with van der Waals surface area (Å²) in [6.45, 7) is 0.612. The molecule has 1 fully saturated rings. The standard InChI is InChI=1S/C15H18N4O2/c16-9-10-3-1-5-12(10)18-14-7-6-13-11(4-2-8-17-13)15(14)19(20)21/h2,4,6-8,10,12,18H,1,3,5,9,16H2. The number of rotatable bonds is 4. The van der Waals surface area contributed by atoms with Crippen LogP contribution in [0.2, 0.25) is 0 Å². The molecule has 1 heterocycles. The van der Waals surface area contributed by atoms with E-state index in [0.717, 1.165) is 19.3 Å². The molecule has 1 aromatic carbocycles. The quantitative estimate of drug-likeness (QED) is 0.665. The second-order valence-corrected chi connectivity index (χ2v) is 5.47. The molecule has 0 aliphatic heterocycles. The molecule has 1 aromatic heterocycles. The van der Waals surface area contributed by atoms with E-state index in [1.54, 1.807) is 24.4 Å². The van der Waals surface area contributed by atoms with E-state index < -0.39 is 0 Å². The van der Waals surface area contributed by atoms with Gasteiger partial charge in [-0.05, 0) is 49.6 Å². The normalized spacial score (nSPS) is 21.6. The van der Waals surface area contributed by atoms with E-state index in [1.165, 1.54) is 0 Å². The number of aromatic nitrogens is 1. The van der Waals surface area contributed by atoms with Crippen LogP contribution in [-0.2, 0) is 0 Å². The number of nitro benzene ring substituents is 1. The summed E-state index contributed by atoms with van der Waals surface area (Å²) in [5.41, 5.74) is 7.08. The number of benzene rings is 1. The summed E-state index contributed by atoms with van der Waals surface area (Å²) in [7, 11) is 0. The molecular formula is C15H18N4O2. The number of nitrogens with zero attached hydrogens (tertiary/aromatic N) is 2. The zero-order valence-electron chi connectivity index (χ0n) is 11.7. The lowest BCUT2D eigenvalue weighted by molar-refractivity contribution is -0.382. The highest BCUT2D eigenvalue weighted by Crippen LogP contribution is 2.35. The second-order valence-electron chi connectivity index (χ2n) is 5.47. The van der Waals surface area contributed by atoms with Gasteiger partial charge in [0.2, 0.25) is 0 Å². The molecule has 21 heavy (non-hydrogen) atoms. The summed E-state index contributed by atoms with van der Waals surface area (Å²) in [5, 5.41) is 15.4. The Hall–Kier alpha value is -2.21. The van der Waals surface area contributed by atoms with Crippen molar-refractivity contribution in [2.24, 2.45) is 11.7 Å². The van der Waals surface area contributed by atoms with Gasteiger partial charge >= 0.3 is 5.69 Å². The van der Waals surface area contributed by atoms with E-state index in [9.17, 15) is 10.1 Å². The predicted octanol–water partition coefficient (Wildman–Crippen LogP) is 2.68. The number of fused-ring (bicyclic) bond motifs is 1. The molecule has 6 heteroatoms. The summed E-state index contributed by atoms with van der Waals surface area (Å²) in [4.78, 5) is 15.3. The van der Waals surface area contributed by atoms with Crippen LogP contribution in [0, 0.1) is 16.0 Å². The molecule has 0 spiro atoms. The minimum atomic E-state index is -0.335. The maximum atomic E-state index is 11.5. The van der Waals surface area contributed by atoms with Crippen molar-refractivity contribution in [1.82, 2.24) is 4.98 Å². The molecule has 2 atom stereocenters. The highest BCUT2D eigenvalue weighted by atomic mass is 16.6. The lowest BCUT2D eigenvalue weighted by Crippen LogP contribution is -2.29. The minimum absolute atomic E-state index is 0.100. The Morgan fingerprint density at radius 3 is 3.00 bits per heavy atom. The summed E-state index contributed by atoms with van der Waals surface area (Å²) in [5.74, 6) is 0.384. The van der Waals surface area contributed by atoms with Gasteiger partial charge in [-0.2, -0.15) is 0 Å². The molecule has 0 radical (unpaired) electrons. The maximum absolute atomic E-state index is 11.5. The van der Waals surface area contributed by atoms with Crippen molar-refractivity contribution in [2.75, 3.05) is 11.9 Å². The van der Waals surface area contributed by atoms with Gasteiger partial charge in [0.15, 0.2) is 0 Å². The molecule has 0 bridgehead atoms. The highest BCUT2D eigenvalue weighted by Gasteiger charge is 2.28. The number of hydrogen-bond donors (Lipinski definition) is 2. The molecule has 1 aliphatic rings. The lowest BCUT2D eigenvalue weighted by Gasteiger charge is -2.20. The van der Waals surface area contributed by atoms with Crippen LogP contribution >= 0.6 is 0 Å². The second kappa shape index (κ2) is 5.65. The SMILES string of the molecule is NCC1CCCC1Nc1ccc2ncccc2c1[N+](=O)[O-]. The van der Waals surface area contributed by atoms with Crippen LogP contribution in [0.1, 0.15) is 19.3 Å². The Balaban J connectivity index is 2.02. The van der Waals surface area contributed by atoms with Gasteiger partial charge in [0, 0.05) is 12.2 Å². The fraction of sp³-hybridized carbons (Fsp3) is 0.400. The van der Waals surface area contributed by atoms with E-state index >= 15 is 0 Å². The first kappa shape index (κ1) is 13.8. The number of anilines is 1. The third kappa shape index (κ3) is 2.54. The molecule has 0 saturated heterocycles. The van der Waals surface area contributed by atoms with E-state index in [4.69, 9.17) is 5.73 Å². The molecule has 3 N–H and O–H groups in total. The number of nitrogens with two attached hydrogens (primary N) is 1. The van der Waals surface area contributed by atoms with Gasteiger partial charge in [-0.15, -0.1) is 0 Å². The number of nitro groups is 1. The monoisotopic (exact) mass is 286 g/mol. The molecule has 2 aromatic rings. The third-order valence-electron chi connectivity index (χ3n) is 4.24. The van der Waals surface area contributed by atoms with Crippen LogP contribution in [-0.4, -0.2) is 22.5 Å². The van der Waals surface area contributed by atoms with E-state index in [-0.39, 0.29) is 16.7 Å². The van der Waals surface area contributed by atoms with E-state index in [1.807, 2.05) is 6.07 Å². The first-order valence-corrected chi connectivity index (χ1v) is 7.19. The Morgan fingerprint density at radius 2 is 2.24 bits per heavy atom. The van der Waals surface area contributed by atoms with Gasteiger partial charge < -0.3 is 11.1 Å². The molecule has 1 saturated carbocycles. The molecule has 6 nitrogen and oxygen atoms in total. The first-order chi connectivity index (χ1) is 10.2. The van der Waals surface area contributed by atoms with Gasteiger partial charge in [0.1, 0.15) is 5.69 Å². The number of pyridine rings is 1. The van der Waals surface area contributed by atoms with Gasteiger partial charge in [-0.25, -0.2) is 0 Å². The van der Waals surface area contributed by atoms with Crippen molar-refractivity contribution < 1.29 is 4.92 Å². The van der Waals surface area contributed by atoms with E-state index in [2.05, 4.69) is 10.3 Å². The lowest BCUT2D eigenvalue weighted by atomic mass is 10.0. The topological polar surface area (TPSA) is 94.1 Å². The molecule has 3 rings (SSSR count). The van der Waals surface area contributed by atoms with Crippen LogP contribution in [0.5, 0.6) is 0 Å². The van der Waals surface area contributed by atoms with Crippen LogP contribution in [0.15, 0.2) is 30.5 Å². The van der Waals surface area contributed by atoms with Gasteiger partial charge in [0.05, 0.1) is 15.8 Å². The summed E-state index contributed by atoms with van der Waals surface area (Å²) in [6.07, 6.45) is 4.84. The minimum Gasteiger partial charge on any atom is -0.376 e. The molecule has 2 unspecified atom stereocenters. The van der Waals surface area contributed by atoms with Crippen LogP contribution in [0.4, 0.5) is 11.4 Å². The van der Waals surface area contributed by atoms with Crippen LogP contribution in [0.3, 0.4) is 0 Å². The van der Waals surface area contributed by atoms with Gasteiger partial charge in [-0.1, -0.05) is 6.42 Å². The van der Waals surface area contributed by atoms with Crippen LogP contribution < -0.4 is 11.1 Å². The van der Waals surface area contributed by atoms with Crippen molar-refractivity contribution in [3.8, 4) is 0 Å². The number of nitrogens with one attached hydrogen (secondary N) is 1. The van der Waals surface area contributed by atoms with Crippen molar-refractivity contribution >= 4 is 22.3 Å². The van der Waals surface area contributed by atoms with Crippen molar-refractivity contribution in [1.29, 1.82) is 0 Å². The van der Waals surface area contributed by atoms with Crippen LogP contribution in [0.25, 0.3) is 10.9 Å². The zero-order chi connectivity index (χ0) is 14.8. The van der Waals surface area contributed by atoms with Crippen molar-refractivity contribution in [2.45, 2.75) is 25.3 Å².